The third-order valence-electron chi connectivity index (χ3n) is 3.92. The molecule has 0 spiro atoms. The summed E-state index contributed by atoms with van der Waals surface area (Å²) < 4.78 is 0. The van der Waals surface area contributed by atoms with E-state index >= 15 is 0 Å². The van der Waals surface area contributed by atoms with Gasteiger partial charge in [0.05, 0.1) is 0 Å². The smallest absolute Gasteiger partial charge is 0.0243 e. The van der Waals surface area contributed by atoms with Crippen molar-refractivity contribution in [3.63, 3.8) is 0 Å². The van der Waals surface area contributed by atoms with Crippen molar-refractivity contribution in [2.45, 2.75) is 58.2 Å². The van der Waals surface area contributed by atoms with Gasteiger partial charge in [0.1, 0.15) is 0 Å². The Morgan fingerprint density at radius 1 is 1.29 bits per heavy atom. The second kappa shape index (κ2) is 7.65. The third-order valence-corrected chi connectivity index (χ3v) is 4.56. The quantitative estimate of drug-likeness (QED) is 0.684. The van der Waals surface area contributed by atoms with Crippen LogP contribution in [-0.4, -0.2) is 48.6 Å². The normalized spacial score (nSPS) is 19.9. The topological polar surface area (TPSA) is 15.3 Å². The van der Waals surface area contributed by atoms with E-state index in [0.717, 1.165) is 18.5 Å². The van der Waals surface area contributed by atoms with Crippen LogP contribution in [-0.2, 0) is 0 Å². The predicted molar refractivity (Wildman–Crippen MR) is 79.9 cm³/mol. The van der Waals surface area contributed by atoms with Gasteiger partial charge < -0.3 is 5.32 Å². The number of nitrogens with one attached hydrogen (secondary N) is 1. The minimum absolute atomic E-state index is 0.674. The van der Waals surface area contributed by atoms with Gasteiger partial charge in [-0.3, -0.25) is 4.90 Å². The maximum absolute atomic E-state index is 3.68. The molecule has 2 atom stereocenters. The number of hydrogen-bond acceptors (Lipinski definition) is 3. The van der Waals surface area contributed by atoms with Gasteiger partial charge in [-0.2, -0.15) is 11.8 Å². The van der Waals surface area contributed by atoms with E-state index < -0.39 is 0 Å². The molecule has 0 radical (unpaired) electrons. The Hall–Kier alpha value is 0.270. The van der Waals surface area contributed by atoms with E-state index in [9.17, 15) is 0 Å². The molecule has 1 rings (SSSR count). The molecule has 0 bridgehead atoms. The van der Waals surface area contributed by atoms with Gasteiger partial charge in [0.25, 0.3) is 0 Å². The van der Waals surface area contributed by atoms with Crippen molar-refractivity contribution in [1.29, 1.82) is 0 Å². The van der Waals surface area contributed by atoms with Crippen LogP contribution in [0, 0.1) is 5.92 Å². The standard InChI is InChI=1S/C14H30N2S/c1-11(2)14(10-15-13-6-7-13)16(4)12(3)8-9-17-5/h11-15H,6-10H2,1-5H3. The lowest BCUT2D eigenvalue weighted by Gasteiger charge is -2.36. The van der Waals surface area contributed by atoms with E-state index in [0.29, 0.717) is 12.1 Å². The van der Waals surface area contributed by atoms with Crippen molar-refractivity contribution in [1.82, 2.24) is 10.2 Å². The van der Waals surface area contributed by atoms with Crippen molar-refractivity contribution >= 4 is 11.8 Å². The summed E-state index contributed by atoms with van der Waals surface area (Å²) in [6.07, 6.45) is 6.26. The SMILES string of the molecule is CSCCC(C)N(C)C(CNC1CC1)C(C)C. The Labute approximate surface area is 112 Å². The molecule has 0 aromatic rings. The maximum Gasteiger partial charge on any atom is 0.0243 e. The highest BCUT2D eigenvalue weighted by Gasteiger charge is 2.26. The molecule has 1 aliphatic rings. The van der Waals surface area contributed by atoms with Crippen molar-refractivity contribution < 1.29 is 0 Å². The van der Waals surface area contributed by atoms with Gasteiger partial charge in [0, 0.05) is 24.7 Å². The molecule has 0 heterocycles. The molecule has 0 aromatic heterocycles. The molecule has 2 unspecified atom stereocenters. The predicted octanol–water partition coefficient (Wildman–Crippen LogP) is 2.84. The van der Waals surface area contributed by atoms with Crippen molar-refractivity contribution in [2.75, 3.05) is 25.6 Å². The molecule has 2 nitrogen and oxygen atoms in total. The maximum atomic E-state index is 3.68. The van der Waals surface area contributed by atoms with Crippen LogP contribution in [0.2, 0.25) is 0 Å². The fraction of sp³-hybridized carbons (Fsp3) is 1.00. The van der Waals surface area contributed by atoms with Gasteiger partial charge in [0.2, 0.25) is 0 Å². The molecule has 0 saturated heterocycles. The number of nitrogens with zero attached hydrogens (tertiary/aromatic N) is 1. The zero-order chi connectivity index (χ0) is 12.8. The zero-order valence-corrected chi connectivity index (χ0v) is 13.0. The molecule has 1 fully saturated rings. The summed E-state index contributed by atoms with van der Waals surface area (Å²) in [5.41, 5.74) is 0. The van der Waals surface area contributed by atoms with Crippen molar-refractivity contribution in [2.24, 2.45) is 5.92 Å². The number of hydrogen-bond donors (Lipinski definition) is 1. The van der Waals surface area contributed by atoms with E-state index in [1.165, 1.54) is 25.0 Å². The van der Waals surface area contributed by atoms with E-state index in [1.54, 1.807) is 0 Å². The van der Waals surface area contributed by atoms with Crippen LogP contribution in [0.3, 0.4) is 0 Å². The lowest BCUT2D eigenvalue weighted by atomic mass is 10.0. The highest BCUT2D eigenvalue weighted by Crippen LogP contribution is 2.20. The van der Waals surface area contributed by atoms with E-state index in [2.05, 4.69) is 44.3 Å². The highest BCUT2D eigenvalue weighted by atomic mass is 32.2. The highest BCUT2D eigenvalue weighted by molar-refractivity contribution is 7.98. The lowest BCUT2D eigenvalue weighted by Crippen LogP contribution is -2.48. The van der Waals surface area contributed by atoms with Crippen LogP contribution in [0.15, 0.2) is 0 Å². The van der Waals surface area contributed by atoms with Crippen molar-refractivity contribution in [3.8, 4) is 0 Å². The Balaban J connectivity index is 2.37. The van der Waals surface area contributed by atoms with Crippen molar-refractivity contribution in [3.05, 3.63) is 0 Å². The van der Waals surface area contributed by atoms with Crippen LogP contribution >= 0.6 is 11.8 Å². The average Bonchev–Trinajstić information content (AvgIpc) is 3.09. The molecule has 1 N–H and O–H groups in total. The Bertz CT molecular complexity index is 204. The van der Waals surface area contributed by atoms with Gasteiger partial charge in [-0.05, 0) is 51.2 Å². The van der Waals surface area contributed by atoms with Crippen LogP contribution in [0.25, 0.3) is 0 Å². The average molecular weight is 258 g/mol. The molecule has 1 aliphatic carbocycles. The van der Waals surface area contributed by atoms with E-state index in [1.807, 2.05) is 11.8 Å². The first-order valence-electron chi connectivity index (χ1n) is 7.00. The first-order valence-corrected chi connectivity index (χ1v) is 8.39. The molecule has 1 saturated carbocycles. The summed E-state index contributed by atoms with van der Waals surface area (Å²) >= 11 is 1.95. The molecule has 0 aliphatic heterocycles. The van der Waals surface area contributed by atoms with E-state index in [4.69, 9.17) is 0 Å². The minimum atomic E-state index is 0.674. The Kier molecular flexibility index (Phi) is 6.90. The van der Waals surface area contributed by atoms with Crippen LogP contribution < -0.4 is 5.32 Å². The molecule has 102 valence electrons. The van der Waals surface area contributed by atoms with Gasteiger partial charge in [-0.15, -0.1) is 0 Å². The lowest BCUT2D eigenvalue weighted by molar-refractivity contribution is 0.139. The summed E-state index contributed by atoms with van der Waals surface area (Å²) in [6, 6.07) is 2.19. The second-order valence-corrected chi connectivity index (χ2v) is 6.78. The van der Waals surface area contributed by atoms with Gasteiger partial charge in [-0.1, -0.05) is 13.8 Å². The molecule has 0 amide bonds. The molecular formula is C14H30N2S. The van der Waals surface area contributed by atoms with Crippen LogP contribution in [0.1, 0.15) is 40.0 Å². The first kappa shape index (κ1) is 15.3. The Morgan fingerprint density at radius 3 is 2.41 bits per heavy atom. The van der Waals surface area contributed by atoms with Crippen LogP contribution in [0.5, 0.6) is 0 Å². The third kappa shape index (κ3) is 5.62. The summed E-state index contributed by atoms with van der Waals surface area (Å²) in [4.78, 5) is 2.58. The fourth-order valence-electron chi connectivity index (χ4n) is 2.24. The monoisotopic (exact) mass is 258 g/mol. The summed E-state index contributed by atoms with van der Waals surface area (Å²) in [5, 5.41) is 3.68. The van der Waals surface area contributed by atoms with Gasteiger partial charge in [-0.25, -0.2) is 0 Å². The summed E-state index contributed by atoms with van der Waals surface area (Å²) in [7, 11) is 2.30. The number of thioether (sulfide) groups is 1. The Morgan fingerprint density at radius 2 is 1.94 bits per heavy atom. The molecule has 17 heavy (non-hydrogen) atoms. The molecule has 3 heteroatoms. The minimum Gasteiger partial charge on any atom is -0.312 e. The summed E-state index contributed by atoms with van der Waals surface area (Å²) in [6.45, 7) is 8.21. The number of likely N-dealkylation sites (N-methyl/N-ethyl adjacent to an activating group) is 1. The summed E-state index contributed by atoms with van der Waals surface area (Å²) in [5.74, 6) is 2.00. The fourth-order valence-corrected chi connectivity index (χ4v) is 2.82. The molecule has 0 aromatic carbocycles. The van der Waals surface area contributed by atoms with Crippen LogP contribution in [0.4, 0.5) is 0 Å². The largest absolute Gasteiger partial charge is 0.312 e. The molecular weight excluding hydrogens is 228 g/mol. The zero-order valence-electron chi connectivity index (χ0n) is 12.2. The second-order valence-electron chi connectivity index (χ2n) is 5.79. The van der Waals surface area contributed by atoms with Gasteiger partial charge >= 0.3 is 0 Å². The first-order chi connectivity index (χ1) is 8.06. The van der Waals surface area contributed by atoms with E-state index in [-0.39, 0.29) is 0 Å². The number of rotatable bonds is 9. The van der Waals surface area contributed by atoms with Gasteiger partial charge in [0.15, 0.2) is 0 Å².